The first kappa shape index (κ1) is 14.5. The van der Waals surface area contributed by atoms with Crippen LogP contribution in [0.1, 0.15) is 50.8 Å². The highest BCUT2D eigenvalue weighted by Gasteiger charge is 2.19. The molecule has 0 aliphatic carbocycles. The molecule has 0 amide bonds. The van der Waals surface area contributed by atoms with E-state index in [0.717, 1.165) is 11.6 Å². The second kappa shape index (κ2) is 7.03. The average molecular weight is 254 g/mol. The summed E-state index contributed by atoms with van der Waals surface area (Å²) in [6, 6.07) is 6.63. The molecular weight excluding hydrogens is 230 g/mol. The zero-order valence-corrected chi connectivity index (χ0v) is 12.1. The Morgan fingerprint density at radius 2 is 2.00 bits per heavy atom. The summed E-state index contributed by atoms with van der Waals surface area (Å²) in [6.07, 6.45) is 2.46. The van der Waals surface area contributed by atoms with Crippen LogP contribution in [0.5, 0.6) is 0 Å². The van der Waals surface area contributed by atoms with Gasteiger partial charge in [0, 0.05) is 11.1 Å². The predicted molar refractivity (Wildman–Crippen MR) is 76.7 cm³/mol. The van der Waals surface area contributed by atoms with Crippen molar-refractivity contribution in [3.63, 3.8) is 0 Å². The van der Waals surface area contributed by atoms with E-state index in [0.29, 0.717) is 12.0 Å². The maximum Gasteiger partial charge on any atom is 0.0438 e. The zero-order valence-electron chi connectivity index (χ0n) is 11.4. The van der Waals surface area contributed by atoms with Gasteiger partial charge in [-0.2, -0.15) is 0 Å². The minimum absolute atomic E-state index is 0.415. The van der Waals surface area contributed by atoms with E-state index in [-0.39, 0.29) is 0 Å². The highest BCUT2D eigenvalue weighted by Crippen LogP contribution is 2.30. The number of halogens is 1. The molecule has 1 aromatic rings. The molecule has 0 bridgehead atoms. The zero-order chi connectivity index (χ0) is 12.8. The molecule has 1 nitrogen and oxygen atoms in total. The van der Waals surface area contributed by atoms with Crippen LogP contribution in [-0.4, -0.2) is 6.54 Å². The Morgan fingerprint density at radius 1 is 1.29 bits per heavy atom. The van der Waals surface area contributed by atoms with Gasteiger partial charge < -0.3 is 5.32 Å². The summed E-state index contributed by atoms with van der Waals surface area (Å²) in [6.45, 7) is 9.82. The van der Waals surface area contributed by atoms with Gasteiger partial charge >= 0.3 is 0 Å². The summed E-state index contributed by atoms with van der Waals surface area (Å²) < 4.78 is 0. The third-order valence-corrected chi connectivity index (χ3v) is 3.79. The molecule has 2 atom stereocenters. The van der Waals surface area contributed by atoms with Gasteiger partial charge in [0.05, 0.1) is 0 Å². The van der Waals surface area contributed by atoms with Crippen LogP contribution in [0, 0.1) is 12.8 Å². The van der Waals surface area contributed by atoms with E-state index in [2.05, 4.69) is 39.1 Å². The second-order valence-electron chi connectivity index (χ2n) is 4.76. The molecule has 1 N–H and O–H groups in total. The van der Waals surface area contributed by atoms with Gasteiger partial charge in [-0.3, -0.25) is 0 Å². The van der Waals surface area contributed by atoms with Crippen LogP contribution in [-0.2, 0) is 0 Å². The summed E-state index contributed by atoms with van der Waals surface area (Å²) >= 11 is 6.21. The number of hydrogen-bond donors (Lipinski definition) is 1. The minimum Gasteiger partial charge on any atom is -0.310 e. The first-order chi connectivity index (χ1) is 8.11. The van der Waals surface area contributed by atoms with Gasteiger partial charge in [0.25, 0.3) is 0 Å². The maximum absolute atomic E-state index is 6.21. The number of benzene rings is 1. The molecule has 0 fully saturated rings. The average Bonchev–Trinajstić information content (AvgIpc) is 2.30. The highest BCUT2D eigenvalue weighted by molar-refractivity contribution is 6.31. The van der Waals surface area contributed by atoms with Crippen molar-refractivity contribution in [2.45, 2.75) is 46.6 Å². The quantitative estimate of drug-likeness (QED) is 0.773. The Hall–Kier alpha value is -0.530. The summed E-state index contributed by atoms with van der Waals surface area (Å²) in [5.41, 5.74) is 2.56. The van der Waals surface area contributed by atoms with Crippen molar-refractivity contribution >= 4 is 11.6 Å². The van der Waals surface area contributed by atoms with Crippen LogP contribution in [0.15, 0.2) is 18.2 Å². The minimum atomic E-state index is 0.415. The van der Waals surface area contributed by atoms with Gasteiger partial charge in [-0.25, -0.2) is 0 Å². The first-order valence-corrected chi connectivity index (χ1v) is 6.98. The normalized spacial score (nSPS) is 14.6. The van der Waals surface area contributed by atoms with Gasteiger partial charge in [-0.1, -0.05) is 50.9 Å². The summed E-state index contributed by atoms with van der Waals surface area (Å²) in [4.78, 5) is 0. The Balaban J connectivity index is 3.00. The van der Waals surface area contributed by atoms with Crippen LogP contribution in [0.2, 0.25) is 5.02 Å². The largest absolute Gasteiger partial charge is 0.310 e. The topological polar surface area (TPSA) is 12.0 Å². The highest BCUT2D eigenvalue weighted by atomic mass is 35.5. The van der Waals surface area contributed by atoms with Gasteiger partial charge in [-0.15, -0.1) is 0 Å². The summed E-state index contributed by atoms with van der Waals surface area (Å²) in [5.74, 6) is 0.636. The maximum atomic E-state index is 6.21. The molecule has 0 aliphatic heterocycles. The Morgan fingerprint density at radius 3 is 2.59 bits per heavy atom. The van der Waals surface area contributed by atoms with Gasteiger partial charge in [-0.05, 0) is 43.0 Å². The molecule has 17 heavy (non-hydrogen) atoms. The molecule has 0 spiro atoms. The van der Waals surface area contributed by atoms with Gasteiger partial charge in [0.15, 0.2) is 0 Å². The monoisotopic (exact) mass is 253 g/mol. The molecule has 0 radical (unpaired) electrons. The van der Waals surface area contributed by atoms with Crippen LogP contribution < -0.4 is 5.32 Å². The molecule has 0 aromatic heterocycles. The van der Waals surface area contributed by atoms with Gasteiger partial charge in [0.1, 0.15) is 0 Å². The Bertz CT molecular complexity index is 349. The predicted octanol–water partition coefficient (Wildman–Crippen LogP) is 4.74. The van der Waals surface area contributed by atoms with Crippen molar-refractivity contribution in [2.75, 3.05) is 6.54 Å². The van der Waals surface area contributed by atoms with E-state index in [4.69, 9.17) is 11.6 Å². The molecule has 0 heterocycles. The molecule has 96 valence electrons. The van der Waals surface area contributed by atoms with Crippen molar-refractivity contribution < 1.29 is 0 Å². The van der Waals surface area contributed by atoms with E-state index >= 15 is 0 Å². The molecule has 0 aliphatic rings. The molecule has 1 rings (SSSR count). The fourth-order valence-electron chi connectivity index (χ4n) is 2.42. The molecule has 0 saturated carbocycles. The van der Waals surface area contributed by atoms with Crippen LogP contribution >= 0.6 is 11.6 Å². The van der Waals surface area contributed by atoms with E-state index in [9.17, 15) is 0 Å². The molecule has 1 aromatic carbocycles. The molecule has 0 saturated heterocycles. The van der Waals surface area contributed by atoms with E-state index < -0.39 is 0 Å². The number of hydrogen-bond acceptors (Lipinski definition) is 1. The second-order valence-corrected chi connectivity index (χ2v) is 5.16. The third kappa shape index (κ3) is 3.72. The number of nitrogens with one attached hydrogen (secondary N) is 1. The van der Waals surface area contributed by atoms with Crippen molar-refractivity contribution in [3.05, 3.63) is 34.3 Å². The standard InChI is InChI=1S/C15H24ClN/c1-5-8-11(3)15(17-6-2)13-9-7-10-14(16)12(13)4/h7,9-11,15,17H,5-6,8H2,1-4H3. The van der Waals surface area contributed by atoms with Crippen LogP contribution in [0.25, 0.3) is 0 Å². The lowest BCUT2D eigenvalue weighted by Crippen LogP contribution is -2.27. The van der Waals surface area contributed by atoms with Crippen LogP contribution in [0.4, 0.5) is 0 Å². The Labute approximate surface area is 111 Å². The Kier molecular flexibility index (Phi) is 6.01. The van der Waals surface area contributed by atoms with Crippen molar-refractivity contribution in [1.82, 2.24) is 5.32 Å². The van der Waals surface area contributed by atoms with Crippen molar-refractivity contribution in [2.24, 2.45) is 5.92 Å². The van der Waals surface area contributed by atoms with E-state index in [1.54, 1.807) is 0 Å². The smallest absolute Gasteiger partial charge is 0.0438 e. The lowest BCUT2D eigenvalue weighted by Gasteiger charge is -2.27. The van der Waals surface area contributed by atoms with E-state index in [1.165, 1.54) is 24.0 Å². The van der Waals surface area contributed by atoms with Gasteiger partial charge in [0.2, 0.25) is 0 Å². The first-order valence-electron chi connectivity index (χ1n) is 6.60. The van der Waals surface area contributed by atoms with Crippen molar-refractivity contribution in [3.8, 4) is 0 Å². The molecule has 2 heteroatoms. The lowest BCUT2D eigenvalue weighted by atomic mass is 9.88. The molecular formula is C15H24ClN. The third-order valence-electron chi connectivity index (χ3n) is 3.38. The van der Waals surface area contributed by atoms with E-state index in [1.807, 2.05) is 12.1 Å². The molecule has 2 unspecified atom stereocenters. The lowest BCUT2D eigenvalue weighted by molar-refractivity contribution is 0.368. The fraction of sp³-hybridized carbons (Fsp3) is 0.600. The summed E-state index contributed by atoms with van der Waals surface area (Å²) in [5, 5.41) is 4.46. The summed E-state index contributed by atoms with van der Waals surface area (Å²) in [7, 11) is 0. The van der Waals surface area contributed by atoms with Crippen molar-refractivity contribution in [1.29, 1.82) is 0 Å². The number of rotatable bonds is 6. The SMILES string of the molecule is CCCC(C)C(NCC)c1cccc(Cl)c1C. The fourth-order valence-corrected chi connectivity index (χ4v) is 2.60. The van der Waals surface area contributed by atoms with Crippen LogP contribution in [0.3, 0.4) is 0 Å².